The molecule has 11 heavy (non-hydrogen) atoms. The summed E-state index contributed by atoms with van der Waals surface area (Å²) in [5.41, 5.74) is 0.0108. The lowest BCUT2D eigenvalue weighted by molar-refractivity contribution is -0.110. The first-order valence-corrected chi connectivity index (χ1v) is 4.14. The molecule has 0 spiro atoms. The first-order chi connectivity index (χ1) is 5.12. The molecule has 0 rings (SSSR count). The number of ether oxygens (including phenoxy) is 1. The van der Waals surface area contributed by atoms with Gasteiger partial charge in [-0.3, -0.25) is 0 Å². The monoisotopic (exact) mass is 158 g/mol. The normalized spacial score (nSPS) is 11.5. The van der Waals surface area contributed by atoms with Crippen molar-refractivity contribution in [3.8, 4) is 0 Å². The second kappa shape index (κ2) is 5.30. The van der Waals surface area contributed by atoms with Crippen molar-refractivity contribution < 1.29 is 9.53 Å². The second-order valence-corrected chi connectivity index (χ2v) is 3.59. The predicted molar refractivity (Wildman–Crippen MR) is 45.6 cm³/mol. The fourth-order valence-electron chi connectivity index (χ4n) is 0.777. The lowest BCUT2D eigenvalue weighted by Gasteiger charge is -2.21. The number of carbonyl (C=O) groups excluding carboxylic acids is 1. The van der Waals surface area contributed by atoms with Gasteiger partial charge in [-0.15, -0.1) is 0 Å². The van der Waals surface area contributed by atoms with E-state index in [1.807, 2.05) is 13.8 Å². The number of aldehydes is 1. The quantitative estimate of drug-likeness (QED) is 0.436. The van der Waals surface area contributed by atoms with Gasteiger partial charge >= 0.3 is 0 Å². The minimum Gasteiger partial charge on any atom is -0.381 e. The Labute approximate surface area is 68.9 Å². The van der Waals surface area contributed by atoms with Crippen LogP contribution in [-0.4, -0.2) is 19.5 Å². The Morgan fingerprint density at radius 3 is 2.55 bits per heavy atom. The van der Waals surface area contributed by atoms with Crippen molar-refractivity contribution in [1.82, 2.24) is 0 Å². The molecule has 0 unspecified atom stereocenters. The maximum atomic E-state index is 10.2. The highest BCUT2D eigenvalue weighted by Crippen LogP contribution is 2.18. The molecule has 0 aliphatic carbocycles. The van der Waals surface area contributed by atoms with Crippen LogP contribution in [0, 0.1) is 5.41 Å². The summed E-state index contributed by atoms with van der Waals surface area (Å²) in [4.78, 5) is 10.2. The third-order valence-electron chi connectivity index (χ3n) is 1.48. The third kappa shape index (κ3) is 6.05. The predicted octanol–water partition coefficient (Wildman–Crippen LogP) is 2.03. The molecule has 0 saturated carbocycles. The fraction of sp³-hybridized carbons (Fsp3) is 0.889. The van der Waals surface area contributed by atoms with Gasteiger partial charge in [0, 0.05) is 13.0 Å². The molecular formula is C9H18O2. The van der Waals surface area contributed by atoms with Crippen molar-refractivity contribution in [2.24, 2.45) is 5.41 Å². The summed E-state index contributed by atoms with van der Waals surface area (Å²) in [6.45, 7) is 7.63. The molecule has 0 aliphatic rings. The van der Waals surface area contributed by atoms with Gasteiger partial charge in [0.25, 0.3) is 0 Å². The van der Waals surface area contributed by atoms with Crippen LogP contribution in [0.25, 0.3) is 0 Å². The molecule has 0 radical (unpaired) electrons. The zero-order valence-corrected chi connectivity index (χ0v) is 7.72. The van der Waals surface area contributed by atoms with Crippen LogP contribution in [0.2, 0.25) is 0 Å². The topological polar surface area (TPSA) is 26.3 Å². The van der Waals surface area contributed by atoms with Gasteiger partial charge < -0.3 is 9.53 Å². The lowest BCUT2D eigenvalue weighted by atomic mass is 9.91. The first kappa shape index (κ1) is 10.6. The third-order valence-corrected chi connectivity index (χ3v) is 1.48. The van der Waals surface area contributed by atoms with Crippen LogP contribution in [0.3, 0.4) is 0 Å². The van der Waals surface area contributed by atoms with E-state index < -0.39 is 0 Å². The molecule has 0 atom stereocenters. The summed E-state index contributed by atoms with van der Waals surface area (Å²) in [6.07, 6.45) is 2.57. The highest BCUT2D eigenvalue weighted by Gasteiger charge is 2.16. The van der Waals surface area contributed by atoms with Crippen LogP contribution in [0.4, 0.5) is 0 Å². The summed E-state index contributed by atoms with van der Waals surface area (Å²) >= 11 is 0. The molecule has 0 fully saturated rings. The van der Waals surface area contributed by atoms with E-state index in [1.165, 1.54) is 0 Å². The van der Waals surface area contributed by atoms with Crippen LogP contribution >= 0.6 is 0 Å². The van der Waals surface area contributed by atoms with Crippen molar-refractivity contribution in [2.45, 2.75) is 33.6 Å². The molecule has 0 amide bonds. The Morgan fingerprint density at radius 1 is 1.45 bits per heavy atom. The van der Waals surface area contributed by atoms with E-state index in [4.69, 9.17) is 4.74 Å². The standard InChI is InChI=1S/C9H18O2/c1-4-7-11-8-9(2,3)5-6-10/h6H,4-5,7-8H2,1-3H3. The smallest absolute Gasteiger partial charge is 0.120 e. The molecule has 0 N–H and O–H groups in total. The Hall–Kier alpha value is -0.370. The molecule has 0 aromatic rings. The van der Waals surface area contributed by atoms with E-state index in [-0.39, 0.29) is 5.41 Å². The Morgan fingerprint density at radius 2 is 2.09 bits per heavy atom. The van der Waals surface area contributed by atoms with Gasteiger partial charge in [-0.25, -0.2) is 0 Å². The molecule has 0 aromatic carbocycles. The number of hydrogen-bond donors (Lipinski definition) is 0. The summed E-state index contributed by atoms with van der Waals surface area (Å²) in [5, 5.41) is 0. The maximum Gasteiger partial charge on any atom is 0.120 e. The van der Waals surface area contributed by atoms with Gasteiger partial charge in [-0.05, 0) is 11.8 Å². The zero-order valence-electron chi connectivity index (χ0n) is 7.72. The first-order valence-electron chi connectivity index (χ1n) is 4.14. The SMILES string of the molecule is CCCOCC(C)(C)CC=O. The summed E-state index contributed by atoms with van der Waals surface area (Å²) in [7, 11) is 0. The molecular weight excluding hydrogens is 140 g/mol. The van der Waals surface area contributed by atoms with Gasteiger partial charge in [0.1, 0.15) is 6.29 Å². The molecule has 2 nitrogen and oxygen atoms in total. The molecule has 0 heterocycles. The number of rotatable bonds is 6. The van der Waals surface area contributed by atoms with Crippen LogP contribution in [-0.2, 0) is 9.53 Å². The Bertz CT molecular complexity index is 108. The highest BCUT2D eigenvalue weighted by molar-refractivity contribution is 5.50. The summed E-state index contributed by atoms with van der Waals surface area (Å²) < 4.78 is 5.34. The summed E-state index contributed by atoms with van der Waals surface area (Å²) in [5.74, 6) is 0. The Kier molecular flexibility index (Phi) is 5.12. The van der Waals surface area contributed by atoms with Gasteiger partial charge in [0.05, 0.1) is 6.61 Å². The van der Waals surface area contributed by atoms with Gasteiger partial charge in [0.2, 0.25) is 0 Å². The zero-order chi connectivity index (χ0) is 8.74. The fourth-order valence-corrected chi connectivity index (χ4v) is 0.777. The molecule has 0 saturated heterocycles. The molecule has 0 aromatic heterocycles. The van der Waals surface area contributed by atoms with Gasteiger partial charge in [-0.1, -0.05) is 20.8 Å². The van der Waals surface area contributed by atoms with Crippen LogP contribution < -0.4 is 0 Å². The largest absolute Gasteiger partial charge is 0.381 e. The van der Waals surface area contributed by atoms with Crippen molar-refractivity contribution in [2.75, 3.05) is 13.2 Å². The van der Waals surface area contributed by atoms with Gasteiger partial charge in [-0.2, -0.15) is 0 Å². The van der Waals surface area contributed by atoms with Crippen LogP contribution in [0.15, 0.2) is 0 Å². The average Bonchev–Trinajstić information content (AvgIpc) is 1.87. The van der Waals surface area contributed by atoms with E-state index >= 15 is 0 Å². The molecule has 66 valence electrons. The van der Waals surface area contributed by atoms with Crippen molar-refractivity contribution >= 4 is 6.29 Å². The second-order valence-electron chi connectivity index (χ2n) is 3.59. The van der Waals surface area contributed by atoms with E-state index in [0.29, 0.717) is 13.0 Å². The number of hydrogen-bond acceptors (Lipinski definition) is 2. The Balaban J connectivity index is 3.45. The van der Waals surface area contributed by atoms with E-state index in [2.05, 4.69) is 6.92 Å². The van der Waals surface area contributed by atoms with E-state index in [9.17, 15) is 4.79 Å². The molecule has 0 aliphatic heterocycles. The maximum absolute atomic E-state index is 10.2. The lowest BCUT2D eigenvalue weighted by Crippen LogP contribution is -2.19. The van der Waals surface area contributed by atoms with Crippen LogP contribution in [0.1, 0.15) is 33.6 Å². The van der Waals surface area contributed by atoms with E-state index in [0.717, 1.165) is 19.3 Å². The van der Waals surface area contributed by atoms with Crippen LogP contribution in [0.5, 0.6) is 0 Å². The van der Waals surface area contributed by atoms with Crippen molar-refractivity contribution in [3.63, 3.8) is 0 Å². The average molecular weight is 158 g/mol. The van der Waals surface area contributed by atoms with Crippen molar-refractivity contribution in [1.29, 1.82) is 0 Å². The minimum atomic E-state index is 0.0108. The highest BCUT2D eigenvalue weighted by atomic mass is 16.5. The minimum absolute atomic E-state index is 0.0108. The number of carbonyl (C=O) groups is 1. The van der Waals surface area contributed by atoms with Crippen molar-refractivity contribution in [3.05, 3.63) is 0 Å². The molecule has 2 heteroatoms. The summed E-state index contributed by atoms with van der Waals surface area (Å²) in [6, 6.07) is 0. The molecule has 0 bridgehead atoms. The van der Waals surface area contributed by atoms with Gasteiger partial charge in [0.15, 0.2) is 0 Å². The van der Waals surface area contributed by atoms with E-state index in [1.54, 1.807) is 0 Å².